The molecule has 6 heteroatoms. The van der Waals surface area contributed by atoms with Gasteiger partial charge in [-0.2, -0.15) is 5.26 Å². The number of hydrogen-bond donors (Lipinski definition) is 1. The van der Waals surface area contributed by atoms with Crippen molar-refractivity contribution in [2.24, 2.45) is 0 Å². The van der Waals surface area contributed by atoms with Crippen LogP contribution in [0.5, 0.6) is 0 Å². The molecule has 2 heterocycles. The highest BCUT2D eigenvalue weighted by Crippen LogP contribution is 2.33. The molecule has 2 aromatic carbocycles. The highest BCUT2D eigenvalue weighted by atomic mass is 32.1. The molecule has 0 unspecified atom stereocenters. The topological polar surface area (TPSA) is 74.7 Å². The number of allylic oxidation sites excluding steroid dienone is 1. The molecule has 0 saturated carbocycles. The fourth-order valence-electron chi connectivity index (χ4n) is 2.68. The second kappa shape index (κ2) is 6.82. The van der Waals surface area contributed by atoms with Crippen LogP contribution in [0, 0.1) is 11.3 Å². The lowest BCUT2D eigenvalue weighted by Crippen LogP contribution is -1.99. The number of thiophene rings is 1. The van der Waals surface area contributed by atoms with Gasteiger partial charge in [-0.05, 0) is 42.6 Å². The Morgan fingerprint density at radius 1 is 1.15 bits per heavy atom. The van der Waals surface area contributed by atoms with E-state index in [2.05, 4.69) is 21.6 Å². The standard InChI is InChI=1S/C20H14N4OS/c1-2-16(20-24-23-19(25-20)13-6-4-3-5-7-13)22-17-9-8-14(12-21)18-15(17)10-11-26-18/h2-11,22H,1H3. The van der Waals surface area contributed by atoms with Crippen LogP contribution >= 0.6 is 11.3 Å². The van der Waals surface area contributed by atoms with E-state index in [0.717, 1.165) is 27.0 Å². The van der Waals surface area contributed by atoms with Crippen molar-refractivity contribution >= 4 is 32.8 Å². The second-order valence-electron chi connectivity index (χ2n) is 5.54. The maximum absolute atomic E-state index is 9.25. The zero-order valence-electron chi connectivity index (χ0n) is 13.9. The van der Waals surface area contributed by atoms with Gasteiger partial charge in [0.15, 0.2) is 0 Å². The number of nitrogens with one attached hydrogen (secondary N) is 1. The molecule has 0 bridgehead atoms. The minimum absolute atomic E-state index is 0.416. The molecule has 2 aromatic heterocycles. The van der Waals surface area contributed by atoms with E-state index in [1.807, 2.05) is 66.9 Å². The fraction of sp³-hybridized carbons (Fsp3) is 0.0500. The van der Waals surface area contributed by atoms with Gasteiger partial charge in [-0.1, -0.05) is 24.3 Å². The maximum Gasteiger partial charge on any atom is 0.264 e. The Balaban J connectivity index is 1.67. The van der Waals surface area contributed by atoms with E-state index < -0.39 is 0 Å². The fourth-order valence-corrected chi connectivity index (χ4v) is 3.57. The van der Waals surface area contributed by atoms with Gasteiger partial charge >= 0.3 is 0 Å². The van der Waals surface area contributed by atoms with Gasteiger partial charge in [0, 0.05) is 16.6 Å². The van der Waals surface area contributed by atoms with Gasteiger partial charge in [-0.15, -0.1) is 21.5 Å². The zero-order valence-corrected chi connectivity index (χ0v) is 14.7. The quantitative estimate of drug-likeness (QED) is 0.536. The lowest BCUT2D eigenvalue weighted by molar-refractivity contribution is 0.553. The van der Waals surface area contributed by atoms with E-state index in [9.17, 15) is 5.26 Å². The molecule has 0 aliphatic carbocycles. The molecular weight excluding hydrogens is 344 g/mol. The van der Waals surface area contributed by atoms with Crippen molar-refractivity contribution < 1.29 is 4.42 Å². The van der Waals surface area contributed by atoms with E-state index in [4.69, 9.17) is 4.42 Å². The summed E-state index contributed by atoms with van der Waals surface area (Å²) in [6.07, 6.45) is 1.89. The molecule has 26 heavy (non-hydrogen) atoms. The Hall–Kier alpha value is -3.43. The summed E-state index contributed by atoms with van der Waals surface area (Å²) in [4.78, 5) is 0. The van der Waals surface area contributed by atoms with Crippen molar-refractivity contribution in [3.63, 3.8) is 0 Å². The number of rotatable bonds is 4. The van der Waals surface area contributed by atoms with Crippen molar-refractivity contribution in [3.8, 4) is 17.5 Å². The number of benzene rings is 2. The van der Waals surface area contributed by atoms with Gasteiger partial charge in [0.1, 0.15) is 6.07 Å². The van der Waals surface area contributed by atoms with Gasteiger partial charge in [0.05, 0.1) is 16.0 Å². The normalized spacial score (nSPS) is 11.5. The molecule has 5 nitrogen and oxygen atoms in total. The summed E-state index contributed by atoms with van der Waals surface area (Å²) in [7, 11) is 0. The molecule has 1 N–H and O–H groups in total. The summed E-state index contributed by atoms with van der Waals surface area (Å²) < 4.78 is 6.79. The third kappa shape index (κ3) is 2.85. The molecule has 0 spiro atoms. The summed E-state index contributed by atoms with van der Waals surface area (Å²) in [5.74, 6) is 0.890. The monoisotopic (exact) mass is 358 g/mol. The maximum atomic E-state index is 9.25. The zero-order chi connectivity index (χ0) is 17.9. The van der Waals surface area contributed by atoms with Gasteiger partial charge < -0.3 is 9.73 Å². The summed E-state index contributed by atoms with van der Waals surface area (Å²) >= 11 is 1.55. The van der Waals surface area contributed by atoms with E-state index in [1.165, 1.54) is 0 Å². The summed E-state index contributed by atoms with van der Waals surface area (Å²) in [6, 6.07) is 17.6. The smallest absolute Gasteiger partial charge is 0.264 e. The van der Waals surface area contributed by atoms with E-state index in [-0.39, 0.29) is 0 Å². The summed E-state index contributed by atoms with van der Waals surface area (Å²) in [5.41, 5.74) is 3.16. The largest absolute Gasteiger partial charge is 0.415 e. The SMILES string of the molecule is CC=C(Nc1ccc(C#N)c2sccc12)c1nnc(-c2ccccc2)o1. The molecule has 4 aromatic rings. The number of anilines is 1. The van der Waals surface area contributed by atoms with E-state index >= 15 is 0 Å². The molecule has 0 fully saturated rings. The van der Waals surface area contributed by atoms with Crippen molar-refractivity contribution in [3.05, 3.63) is 71.4 Å². The van der Waals surface area contributed by atoms with Crippen LogP contribution in [0.1, 0.15) is 18.4 Å². The molecule has 0 amide bonds. The van der Waals surface area contributed by atoms with Crippen LogP contribution in [0.25, 0.3) is 27.2 Å². The number of hydrogen-bond acceptors (Lipinski definition) is 6. The Labute approximate surface area is 154 Å². The molecule has 126 valence electrons. The van der Waals surface area contributed by atoms with Crippen molar-refractivity contribution in [1.29, 1.82) is 5.26 Å². The van der Waals surface area contributed by atoms with Crippen LogP contribution in [-0.4, -0.2) is 10.2 Å². The molecule has 0 aliphatic heterocycles. The van der Waals surface area contributed by atoms with Crippen LogP contribution in [0.2, 0.25) is 0 Å². The Morgan fingerprint density at radius 2 is 2.00 bits per heavy atom. The third-order valence-corrected chi connectivity index (χ3v) is 4.92. The molecule has 0 atom stereocenters. The minimum atomic E-state index is 0.416. The number of nitriles is 1. The van der Waals surface area contributed by atoms with Crippen LogP contribution in [0.15, 0.2) is 64.4 Å². The average Bonchev–Trinajstić information content (AvgIpc) is 3.37. The lowest BCUT2D eigenvalue weighted by atomic mass is 10.1. The highest BCUT2D eigenvalue weighted by Gasteiger charge is 2.14. The first-order valence-electron chi connectivity index (χ1n) is 8.03. The van der Waals surface area contributed by atoms with Gasteiger partial charge in [-0.25, -0.2) is 0 Å². The molecule has 0 radical (unpaired) electrons. The van der Waals surface area contributed by atoms with Crippen LogP contribution in [-0.2, 0) is 0 Å². The lowest BCUT2D eigenvalue weighted by Gasteiger charge is -2.09. The third-order valence-electron chi connectivity index (χ3n) is 3.97. The Kier molecular flexibility index (Phi) is 4.22. The predicted octanol–water partition coefficient (Wildman–Crippen LogP) is 5.30. The first-order chi connectivity index (χ1) is 12.8. The van der Waals surface area contributed by atoms with Crippen molar-refractivity contribution in [1.82, 2.24) is 10.2 Å². The second-order valence-corrected chi connectivity index (χ2v) is 6.46. The summed E-state index contributed by atoms with van der Waals surface area (Å²) in [5, 5.41) is 23.9. The van der Waals surface area contributed by atoms with Crippen molar-refractivity contribution in [2.45, 2.75) is 6.92 Å². The average molecular weight is 358 g/mol. The van der Waals surface area contributed by atoms with Gasteiger partial charge in [0.25, 0.3) is 5.89 Å². The van der Waals surface area contributed by atoms with Crippen LogP contribution in [0.3, 0.4) is 0 Å². The van der Waals surface area contributed by atoms with Crippen LogP contribution in [0.4, 0.5) is 5.69 Å². The highest BCUT2D eigenvalue weighted by molar-refractivity contribution is 7.17. The molecule has 0 saturated heterocycles. The molecule has 4 rings (SSSR count). The minimum Gasteiger partial charge on any atom is -0.415 e. The Bertz CT molecular complexity index is 1140. The van der Waals surface area contributed by atoms with Crippen LogP contribution < -0.4 is 5.32 Å². The number of aromatic nitrogens is 2. The molecule has 0 aliphatic rings. The molecular formula is C20H14N4OS. The van der Waals surface area contributed by atoms with Gasteiger partial charge in [0.2, 0.25) is 5.89 Å². The predicted molar refractivity (Wildman–Crippen MR) is 104 cm³/mol. The first-order valence-corrected chi connectivity index (χ1v) is 8.91. The van der Waals surface area contributed by atoms with E-state index in [1.54, 1.807) is 11.3 Å². The number of nitrogens with zero attached hydrogens (tertiary/aromatic N) is 3. The van der Waals surface area contributed by atoms with Gasteiger partial charge in [-0.3, -0.25) is 0 Å². The Morgan fingerprint density at radius 3 is 2.77 bits per heavy atom. The first kappa shape index (κ1) is 16.1. The summed E-state index contributed by atoms with van der Waals surface area (Å²) in [6.45, 7) is 1.91. The number of fused-ring (bicyclic) bond motifs is 1. The van der Waals surface area contributed by atoms with E-state index in [0.29, 0.717) is 17.3 Å². The van der Waals surface area contributed by atoms with Crippen molar-refractivity contribution in [2.75, 3.05) is 5.32 Å².